The van der Waals surface area contributed by atoms with Crippen LogP contribution in [0.3, 0.4) is 0 Å². The zero-order chi connectivity index (χ0) is 11.8. The summed E-state index contributed by atoms with van der Waals surface area (Å²) < 4.78 is 0. The summed E-state index contributed by atoms with van der Waals surface area (Å²) >= 11 is 6.24. The van der Waals surface area contributed by atoms with Gasteiger partial charge in [0.1, 0.15) is 11.0 Å². The molecule has 1 saturated heterocycles. The lowest BCUT2D eigenvalue weighted by atomic mass is 10.1. The van der Waals surface area contributed by atoms with Crippen LogP contribution in [0.1, 0.15) is 23.7 Å². The van der Waals surface area contributed by atoms with Gasteiger partial charge in [-0.2, -0.15) is 0 Å². The number of aryl methyl sites for hydroxylation is 1. The molecule has 0 spiro atoms. The molecule has 2 heterocycles. The van der Waals surface area contributed by atoms with Gasteiger partial charge >= 0.3 is 0 Å². The largest absolute Gasteiger partial charge is 0.316 e. The lowest BCUT2D eigenvalue weighted by Gasteiger charge is -2.10. The highest BCUT2D eigenvalue weighted by Gasteiger charge is 2.20. The number of benzene rings is 1. The lowest BCUT2D eigenvalue weighted by molar-refractivity contribution is 0.707. The fourth-order valence-electron chi connectivity index (χ4n) is 2.33. The highest BCUT2D eigenvalue weighted by molar-refractivity contribution is 6.34. The number of halogens is 1. The monoisotopic (exact) mass is 247 g/mol. The second kappa shape index (κ2) is 4.24. The quantitative estimate of drug-likeness (QED) is 0.788. The molecule has 3 nitrogen and oxygen atoms in total. The Hall–Kier alpha value is -1.19. The molecule has 4 heteroatoms. The van der Waals surface area contributed by atoms with Crippen molar-refractivity contribution in [2.24, 2.45) is 0 Å². The van der Waals surface area contributed by atoms with Crippen molar-refractivity contribution in [1.29, 1.82) is 0 Å². The molecule has 1 N–H and O–H groups in total. The SMILES string of the molecule is Cc1cccc2c(Cl)nc(C3CCNC3)nc12. The summed E-state index contributed by atoms with van der Waals surface area (Å²) in [5.41, 5.74) is 2.13. The molecular formula is C13H14ClN3. The summed E-state index contributed by atoms with van der Waals surface area (Å²) in [6.45, 7) is 4.05. The number of nitrogens with one attached hydrogen (secondary N) is 1. The Morgan fingerprint density at radius 2 is 2.24 bits per heavy atom. The number of nitrogens with zero attached hydrogens (tertiary/aromatic N) is 2. The Labute approximate surface area is 105 Å². The molecule has 1 aliphatic rings. The van der Waals surface area contributed by atoms with Gasteiger partial charge in [-0.25, -0.2) is 9.97 Å². The van der Waals surface area contributed by atoms with E-state index in [1.54, 1.807) is 0 Å². The normalized spacial score (nSPS) is 20.0. The van der Waals surface area contributed by atoms with Crippen LogP contribution in [0.2, 0.25) is 5.15 Å². The van der Waals surface area contributed by atoms with E-state index in [4.69, 9.17) is 11.6 Å². The summed E-state index contributed by atoms with van der Waals surface area (Å²) in [6, 6.07) is 6.02. The minimum Gasteiger partial charge on any atom is -0.316 e. The maximum atomic E-state index is 6.24. The van der Waals surface area contributed by atoms with Crippen molar-refractivity contribution in [3.05, 3.63) is 34.7 Å². The van der Waals surface area contributed by atoms with Gasteiger partial charge in [0.15, 0.2) is 0 Å². The van der Waals surface area contributed by atoms with E-state index in [2.05, 4.69) is 28.3 Å². The number of fused-ring (bicyclic) bond motifs is 1. The third kappa shape index (κ3) is 1.90. The fraction of sp³-hybridized carbons (Fsp3) is 0.385. The van der Waals surface area contributed by atoms with Crippen molar-refractivity contribution in [2.75, 3.05) is 13.1 Å². The van der Waals surface area contributed by atoms with Gasteiger partial charge in [-0.15, -0.1) is 0 Å². The second-order valence-electron chi connectivity index (χ2n) is 4.53. The van der Waals surface area contributed by atoms with Gasteiger partial charge < -0.3 is 5.32 Å². The molecule has 0 radical (unpaired) electrons. The molecule has 0 saturated carbocycles. The summed E-state index contributed by atoms with van der Waals surface area (Å²) in [4.78, 5) is 9.12. The van der Waals surface area contributed by atoms with E-state index >= 15 is 0 Å². The van der Waals surface area contributed by atoms with E-state index in [0.29, 0.717) is 11.1 Å². The van der Waals surface area contributed by atoms with Crippen molar-refractivity contribution in [1.82, 2.24) is 15.3 Å². The van der Waals surface area contributed by atoms with Crippen LogP contribution in [-0.4, -0.2) is 23.1 Å². The van der Waals surface area contributed by atoms with Crippen LogP contribution in [-0.2, 0) is 0 Å². The van der Waals surface area contributed by atoms with Gasteiger partial charge in [0.2, 0.25) is 0 Å². The van der Waals surface area contributed by atoms with E-state index in [0.717, 1.165) is 41.8 Å². The number of aromatic nitrogens is 2. The molecule has 3 rings (SSSR count). The van der Waals surface area contributed by atoms with Gasteiger partial charge in [0.25, 0.3) is 0 Å². The fourth-order valence-corrected chi connectivity index (χ4v) is 2.57. The first kappa shape index (κ1) is 10.9. The summed E-state index contributed by atoms with van der Waals surface area (Å²) in [7, 11) is 0. The van der Waals surface area contributed by atoms with E-state index < -0.39 is 0 Å². The third-order valence-corrected chi connectivity index (χ3v) is 3.61. The zero-order valence-electron chi connectivity index (χ0n) is 9.70. The van der Waals surface area contributed by atoms with E-state index in [-0.39, 0.29) is 0 Å². The first-order valence-corrected chi connectivity index (χ1v) is 6.27. The van der Waals surface area contributed by atoms with Gasteiger partial charge in [-0.1, -0.05) is 23.7 Å². The predicted molar refractivity (Wildman–Crippen MR) is 69.5 cm³/mol. The Kier molecular flexibility index (Phi) is 2.73. The van der Waals surface area contributed by atoms with Gasteiger partial charge in [-0.05, 0) is 31.5 Å². The Morgan fingerprint density at radius 3 is 3.00 bits per heavy atom. The maximum absolute atomic E-state index is 6.24. The number of hydrogen-bond donors (Lipinski definition) is 1. The minimum atomic E-state index is 0.400. The molecule has 0 amide bonds. The molecule has 1 fully saturated rings. The van der Waals surface area contributed by atoms with Crippen molar-refractivity contribution in [3.63, 3.8) is 0 Å². The lowest BCUT2D eigenvalue weighted by Crippen LogP contribution is -2.10. The van der Waals surface area contributed by atoms with Crippen LogP contribution in [0.25, 0.3) is 10.9 Å². The molecular weight excluding hydrogens is 234 g/mol. The van der Waals surface area contributed by atoms with Crippen molar-refractivity contribution >= 4 is 22.5 Å². The predicted octanol–water partition coefficient (Wildman–Crippen LogP) is 2.67. The van der Waals surface area contributed by atoms with Crippen molar-refractivity contribution in [3.8, 4) is 0 Å². The first-order valence-electron chi connectivity index (χ1n) is 5.89. The molecule has 0 aliphatic carbocycles. The van der Waals surface area contributed by atoms with E-state index in [9.17, 15) is 0 Å². The molecule has 1 unspecified atom stereocenters. The molecule has 88 valence electrons. The topological polar surface area (TPSA) is 37.8 Å². The first-order chi connectivity index (χ1) is 8.25. The minimum absolute atomic E-state index is 0.400. The number of hydrogen-bond acceptors (Lipinski definition) is 3. The van der Waals surface area contributed by atoms with Crippen LogP contribution in [0.5, 0.6) is 0 Å². The summed E-state index contributed by atoms with van der Waals surface area (Å²) in [5.74, 6) is 1.28. The zero-order valence-corrected chi connectivity index (χ0v) is 10.5. The maximum Gasteiger partial charge on any atom is 0.140 e. The van der Waals surface area contributed by atoms with Crippen molar-refractivity contribution < 1.29 is 0 Å². The van der Waals surface area contributed by atoms with Crippen LogP contribution in [0.4, 0.5) is 0 Å². The average Bonchev–Trinajstić information content (AvgIpc) is 2.84. The van der Waals surface area contributed by atoms with Gasteiger partial charge in [0, 0.05) is 17.8 Å². The second-order valence-corrected chi connectivity index (χ2v) is 4.89. The molecule has 0 bridgehead atoms. The van der Waals surface area contributed by atoms with Crippen LogP contribution in [0.15, 0.2) is 18.2 Å². The molecule has 2 aromatic rings. The van der Waals surface area contributed by atoms with E-state index in [1.807, 2.05) is 12.1 Å². The number of para-hydroxylation sites is 1. The molecule has 17 heavy (non-hydrogen) atoms. The summed E-state index contributed by atoms with van der Waals surface area (Å²) in [5, 5.41) is 4.85. The van der Waals surface area contributed by atoms with E-state index in [1.165, 1.54) is 0 Å². The molecule has 1 aromatic heterocycles. The van der Waals surface area contributed by atoms with Crippen LogP contribution >= 0.6 is 11.6 Å². The molecule has 1 aromatic carbocycles. The number of rotatable bonds is 1. The van der Waals surface area contributed by atoms with Crippen LogP contribution < -0.4 is 5.32 Å². The highest BCUT2D eigenvalue weighted by Crippen LogP contribution is 2.27. The summed E-state index contributed by atoms with van der Waals surface area (Å²) in [6.07, 6.45) is 1.09. The average molecular weight is 248 g/mol. The smallest absolute Gasteiger partial charge is 0.140 e. The van der Waals surface area contributed by atoms with Gasteiger partial charge in [0.05, 0.1) is 5.52 Å². The Balaban J connectivity index is 2.18. The third-order valence-electron chi connectivity index (χ3n) is 3.32. The van der Waals surface area contributed by atoms with Crippen LogP contribution in [0, 0.1) is 6.92 Å². The van der Waals surface area contributed by atoms with Crippen molar-refractivity contribution in [2.45, 2.75) is 19.3 Å². The Morgan fingerprint density at radius 1 is 1.35 bits per heavy atom. The molecule has 1 aliphatic heterocycles. The van der Waals surface area contributed by atoms with Gasteiger partial charge in [-0.3, -0.25) is 0 Å². The highest BCUT2D eigenvalue weighted by atomic mass is 35.5. The Bertz CT molecular complexity index is 562. The molecule has 1 atom stereocenters. The standard InChI is InChI=1S/C13H14ClN3/c1-8-3-2-4-10-11(8)16-13(17-12(10)14)9-5-6-15-7-9/h2-4,9,15H,5-7H2,1H3.